The van der Waals surface area contributed by atoms with E-state index >= 15 is 0 Å². The van der Waals surface area contributed by atoms with Gasteiger partial charge in [-0.1, -0.05) is 0 Å². The van der Waals surface area contributed by atoms with E-state index in [2.05, 4.69) is 27.9 Å². The summed E-state index contributed by atoms with van der Waals surface area (Å²) in [6.07, 6.45) is 3.68. The minimum atomic E-state index is -0.0950. The number of nitrogens with one attached hydrogen (secondary N) is 1. The van der Waals surface area contributed by atoms with Gasteiger partial charge in [0.2, 0.25) is 0 Å². The Labute approximate surface area is 114 Å². The third kappa shape index (κ3) is 3.26. The van der Waals surface area contributed by atoms with E-state index in [1.54, 1.807) is 12.3 Å². The molecule has 0 bridgehead atoms. The molecule has 3 nitrogen and oxygen atoms in total. The van der Waals surface area contributed by atoms with Gasteiger partial charge in [-0.2, -0.15) is 0 Å². The highest BCUT2D eigenvalue weighted by molar-refractivity contribution is 14.1. The quantitative estimate of drug-likeness (QED) is 0.662. The van der Waals surface area contributed by atoms with Crippen LogP contribution in [-0.4, -0.2) is 5.91 Å². The number of aryl methyl sites for hydroxylation is 1. The molecule has 1 N–H and O–H groups in total. The fourth-order valence-electron chi connectivity index (χ4n) is 1.46. The molecule has 0 aliphatic heterocycles. The van der Waals surface area contributed by atoms with E-state index in [1.165, 1.54) is 0 Å². The summed E-state index contributed by atoms with van der Waals surface area (Å²) >= 11 is 2.23. The molecule has 2 rings (SSSR count). The van der Waals surface area contributed by atoms with Gasteiger partial charge >= 0.3 is 0 Å². The zero-order valence-electron chi connectivity index (χ0n) is 9.35. The Morgan fingerprint density at radius 2 is 1.94 bits per heavy atom. The highest BCUT2D eigenvalue weighted by Gasteiger charge is 2.08. The molecule has 0 spiro atoms. The molecule has 0 unspecified atom stereocenters. The second-order valence-electron chi connectivity index (χ2n) is 3.72. The van der Waals surface area contributed by atoms with Crippen molar-refractivity contribution in [3.63, 3.8) is 0 Å². The molecule has 2 aromatic rings. The predicted molar refractivity (Wildman–Crippen MR) is 74.7 cm³/mol. The summed E-state index contributed by atoms with van der Waals surface area (Å²) in [6.45, 7) is 0. The number of hydrogen-bond donors (Lipinski definition) is 1. The largest absolute Gasteiger partial charge is 0.322 e. The Kier molecular flexibility index (Phi) is 3.73. The van der Waals surface area contributed by atoms with Crippen molar-refractivity contribution in [3.05, 3.63) is 57.9 Å². The number of nitrogens with zero attached hydrogens (tertiary/aromatic N) is 1. The van der Waals surface area contributed by atoms with Crippen molar-refractivity contribution in [3.8, 4) is 0 Å². The van der Waals surface area contributed by atoms with Gasteiger partial charge < -0.3 is 5.32 Å². The maximum atomic E-state index is 11.9. The SMILES string of the molecule is C[n+]1cccc(C(=O)Nc2ccc([125I])cc2)c1. The Morgan fingerprint density at radius 1 is 1.24 bits per heavy atom. The molecule has 4 heteroatoms. The van der Waals surface area contributed by atoms with Gasteiger partial charge in [0, 0.05) is 15.3 Å². The zero-order chi connectivity index (χ0) is 12.3. The molecule has 17 heavy (non-hydrogen) atoms. The van der Waals surface area contributed by atoms with Gasteiger partial charge in [-0.05, 0) is 52.9 Å². The first-order valence-electron chi connectivity index (χ1n) is 5.17. The number of amides is 1. The Hall–Kier alpha value is -1.43. The first-order chi connectivity index (χ1) is 8.15. The lowest BCUT2D eigenvalue weighted by atomic mass is 10.2. The van der Waals surface area contributed by atoms with Gasteiger partial charge in [0.05, 0.1) is 0 Å². The number of carbonyl (C=O) groups excluding carboxylic acids is 1. The number of carbonyl (C=O) groups is 1. The molecule has 0 aliphatic rings. The van der Waals surface area contributed by atoms with Crippen LogP contribution in [0.25, 0.3) is 0 Å². The highest BCUT2D eigenvalue weighted by atomic mass is 125. The monoisotopic (exact) mass is 337 g/mol. The van der Waals surface area contributed by atoms with E-state index in [0.717, 1.165) is 9.26 Å². The highest BCUT2D eigenvalue weighted by Crippen LogP contribution is 2.12. The van der Waals surface area contributed by atoms with E-state index in [4.69, 9.17) is 0 Å². The summed E-state index contributed by atoms with van der Waals surface area (Å²) in [5, 5.41) is 2.86. The molecule has 1 heterocycles. The number of pyridine rings is 1. The Bertz CT molecular complexity index is 537. The average molecular weight is 337 g/mol. The van der Waals surface area contributed by atoms with Crippen molar-refractivity contribution in [2.45, 2.75) is 0 Å². The Balaban J connectivity index is 2.14. The van der Waals surface area contributed by atoms with Gasteiger partial charge in [-0.25, -0.2) is 4.57 Å². The van der Waals surface area contributed by atoms with E-state index in [9.17, 15) is 4.79 Å². The predicted octanol–water partition coefficient (Wildman–Crippen LogP) is 2.37. The lowest BCUT2D eigenvalue weighted by molar-refractivity contribution is -0.671. The summed E-state index contributed by atoms with van der Waals surface area (Å²) in [5.41, 5.74) is 1.45. The van der Waals surface area contributed by atoms with Crippen LogP contribution in [0.2, 0.25) is 0 Å². The summed E-state index contributed by atoms with van der Waals surface area (Å²) < 4.78 is 3.00. The van der Waals surface area contributed by atoms with Crippen LogP contribution in [0.3, 0.4) is 0 Å². The second-order valence-corrected chi connectivity index (χ2v) is 4.96. The maximum absolute atomic E-state index is 11.9. The molecule has 0 radical (unpaired) electrons. The van der Waals surface area contributed by atoms with Crippen LogP contribution in [0.4, 0.5) is 5.69 Å². The van der Waals surface area contributed by atoms with Crippen molar-refractivity contribution in [2.24, 2.45) is 7.05 Å². The van der Waals surface area contributed by atoms with E-state index in [0.29, 0.717) is 5.56 Å². The van der Waals surface area contributed by atoms with Gasteiger partial charge in [-0.3, -0.25) is 4.79 Å². The molecular formula is C13H12IN2O+. The minimum Gasteiger partial charge on any atom is -0.322 e. The summed E-state index contributed by atoms with van der Waals surface area (Å²) in [5.74, 6) is -0.0950. The number of benzene rings is 1. The third-order valence-corrected chi connectivity index (χ3v) is 3.02. The van der Waals surface area contributed by atoms with Crippen LogP contribution in [0.15, 0.2) is 48.8 Å². The fourth-order valence-corrected chi connectivity index (χ4v) is 1.82. The first kappa shape index (κ1) is 12.0. The minimum absolute atomic E-state index is 0.0950. The molecule has 86 valence electrons. The van der Waals surface area contributed by atoms with Crippen LogP contribution < -0.4 is 9.88 Å². The van der Waals surface area contributed by atoms with Crippen molar-refractivity contribution >= 4 is 34.2 Å². The van der Waals surface area contributed by atoms with Crippen LogP contribution in [0.1, 0.15) is 10.4 Å². The molecule has 0 saturated carbocycles. The molecule has 0 atom stereocenters. The number of aromatic nitrogens is 1. The molecule has 1 amide bonds. The van der Waals surface area contributed by atoms with Gasteiger partial charge in [-0.15, -0.1) is 0 Å². The van der Waals surface area contributed by atoms with Gasteiger partial charge in [0.1, 0.15) is 12.6 Å². The summed E-state index contributed by atoms with van der Waals surface area (Å²) in [7, 11) is 1.89. The van der Waals surface area contributed by atoms with Crippen LogP contribution >= 0.6 is 22.6 Å². The van der Waals surface area contributed by atoms with Crippen molar-refractivity contribution in [2.75, 3.05) is 5.32 Å². The second kappa shape index (κ2) is 5.27. The number of hydrogen-bond acceptors (Lipinski definition) is 1. The number of halogens is 1. The maximum Gasteiger partial charge on any atom is 0.261 e. The van der Waals surface area contributed by atoms with Crippen molar-refractivity contribution < 1.29 is 9.36 Å². The van der Waals surface area contributed by atoms with Crippen LogP contribution in [0.5, 0.6) is 0 Å². The molecule has 0 aliphatic carbocycles. The van der Waals surface area contributed by atoms with Gasteiger partial charge in [0.15, 0.2) is 12.4 Å². The van der Waals surface area contributed by atoms with Crippen molar-refractivity contribution in [1.29, 1.82) is 0 Å². The molecule has 0 fully saturated rings. The van der Waals surface area contributed by atoms with Gasteiger partial charge in [0.25, 0.3) is 5.91 Å². The lowest BCUT2D eigenvalue weighted by Gasteiger charge is -2.04. The summed E-state index contributed by atoms with van der Waals surface area (Å²) in [6, 6.07) is 11.3. The normalized spacial score (nSPS) is 10.0. The van der Waals surface area contributed by atoms with E-state index in [1.807, 2.05) is 48.1 Å². The lowest BCUT2D eigenvalue weighted by Crippen LogP contribution is -2.28. The molecule has 1 aromatic carbocycles. The first-order valence-corrected chi connectivity index (χ1v) is 6.25. The summed E-state index contributed by atoms with van der Waals surface area (Å²) in [4.78, 5) is 11.9. The number of anilines is 1. The zero-order valence-corrected chi connectivity index (χ0v) is 11.5. The third-order valence-electron chi connectivity index (χ3n) is 2.30. The molecular weight excluding hydrogens is 325 g/mol. The van der Waals surface area contributed by atoms with Crippen LogP contribution in [-0.2, 0) is 7.05 Å². The topological polar surface area (TPSA) is 33.0 Å². The van der Waals surface area contributed by atoms with E-state index < -0.39 is 0 Å². The van der Waals surface area contributed by atoms with Crippen molar-refractivity contribution in [1.82, 2.24) is 0 Å². The molecule has 0 saturated heterocycles. The fraction of sp³-hybridized carbons (Fsp3) is 0.0769. The Morgan fingerprint density at radius 3 is 2.59 bits per heavy atom. The van der Waals surface area contributed by atoms with Crippen LogP contribution in [0, 0.1) is 3.57 Å². The van der Waals surface area contributed by atoms with E-state index in [-0.39, 0.29) is 5.91 Å². The standard InChI is InChI=1S/C13H11IN2O/c1-16-8-2-3-10(9-16)13(17)15-12-6-4-11(14)5-7-12/h2-9H,1H3/p+1/i14-2. The smallest absolute Gasteiger partial charge is 0.261 e. The molecule has 1 aromatic heterocycles. The number of rotatable bonds is 2. The average Bonchev–Trinajstić information content (AvgIpc) is 2.32.